The third-order valence-electron chi connectivity index (χ3n) is 4.04. The van der Waals surface area contributed by atoms with Gasteiger partial charge in [-0.15, -0.1) is 11.3 Å². The fourth-order valence-corrected chi connectivity index (χ4v) is 4.27. The Morgan fingerprint density at radius 2 is 2.12 bits per heavy atom. The zero-order valence-corrected chi connectivity index (χ0v) is 17.5. The first-order chi connectivity index (χ1) is 12.6. The zero-order chi connectivity index (χ0) is 18.9. The normalized spacial score (nSPS) is 11.7. The highest BCUT2D eigenvalue weighted by Gasteiger charge is 2.07. The summed E-state index contributed by atoms with van der Waals surface area (Å²) in [6.07, 6.45) is 3.88. The first-order valence-electron chi connectivity index (χ1n) is 8.73. The van der Waals surface area contributed by atoms with Crippen molar-refractivity contribution >= 4 is 29.1 Å². The second-order valence-electron chi connectivity index (χ2n) is 5.91. The molecule has 1 aromatic heterocycles. The van der Waals surface area contributed by atoms with E-state index < -0.39 is 0 Å². The average molecular weight is 395 g/mol. The number of benzene rings is 1. The molecule has 1 heterocycles. The van der Waals surface area contributed by atoms with Crippen molar-refractivity contribution in [2.45, 2.75) is 39.0 Å². The van der Waals surface area contributed by atoms with E-state index in [0.717, 1.165) is 47.2 Å². The van der Waals surface area contributed by atoms with Gasteiger partial charge in [-0.05, 0) is 42.9 Å². The lowest BCUT2D eigenvalue weighted by molar-refractivity contribution is 0.625. The lowest BCUT2D eigenvalue weighted by Gasteiger charge is -2.14. The summed E-state index contributed by atoms with van der Waals surface area (Å²) >= 11 is 3.46. The minimum Gasteiger partial charge on any atom is -0.356 e. The smallest absolute Gasteiger partial charge is 0.191 e. The predicted octanol–water partition coefficient (Wildman–Crippen LogP) is 3.92. The number of nitrogens with zero attached hydrogens (tertiary/aromatic N) is 2. The van der Waals surface area contributed by atoms with Crippen LogP contribution < -0.4 is 10.6 Å². The van der Waals surface area contributed by atoms with E-state index in [2.05, 4.69) is 34.5 Å². The number of hydrogen-bond donors (Lipinski definition) is 2. The number of aliphatic imine (C=N–C) groups is 1. The molecule has 0 aliphatic heterocycles. The summed E-state index contributed by atoms with van der Waals surface area (Å²) in [4.78, 5) is 10.2. The quantitative estimate of drug-likeness (QED) is 0.526. The molecule has 0 aliphatic rings. The van der Waals surface area contributed by atoms with Gasteiger partial charge >= 0.3 is 0 Å². The fourth-order valence-electron chi connectivity index (χ4n) is 2.67. The largest absolute Gasteiger partial charge is 0.356 e. The maximum absolute atomic E-state index is 13.4. The SMILES string of the molecule is CCc1nc(CCNC(=NC)NCc2ccc(F)cc2CSC)sc1C. The number of guanidine groups is 1. The Hall–Kier alpha value is -1.60. The number of aromatic nitrogens is 1. The van der Waals surface area contributed by atoms with Crippen LogP contribution in [0.15, 0.2) is 23.2 Å². The Balaban J connectivity index is 1.86. The van der Waals surface area contributed by atoms with Crippen molar-refractivity contribution < 1.29 is 4.39 Å². The number of nitrogens with one attached hydrogen (secondary N) is 2. The standard InChI is InChI=1S/C19H27FN4S2/c1-5-17-13(2)26-18(24-17)8-9-22-19(21-3)23-11-14-6-7-16(20)10-15(14)12-25-4/h6-7,10H,5,8-9,11-12H2,1-4H3,(H2,21,22,23). The second-order valence-corrected chi connectivity index (χ2v) is 8.07. The van der Waals surface area contributed by atoms with Gasteiger partial charge in [-0.2, -0.15) is 11.8 Å². The number of halogens is 1. The molecule has 0 aliphatic carbocycles. The summed E-state index contributed by atoms with van der Waals surface area (Å²) in [5.41, 5.74) is 3.31. The zero-order valence-electron chi connectivity index (χ0n) is 15.9. The van der Waals surface area contributed by atoms with Crippen molar-refractivity contribution in [2.75, 3.05) is 19.8 Å². The van der Waals surface area contributed by atoms with Crippen LogP contribution in [0, 0.1) is 12.7 Å². The van der Waals surface area contributed by atoms with E-state index in [9.17, 15) is 4.39 Å². The number of rotatable bonds is 8. The van der Waals surface area contributed by atoms with Gasteiger partial charge in [0.15, 0.2) is 5.96 Å². The van der Waals surface area contributed by atoms with Crippen LogP contribution in [0.4, 0.5) is 4.39 Å². The summed E-state index contributed by atoms with van der Waals surface area (Å²) in [6.45, 7) is 5.66. The minimum absolute atomic E-state index is 0.189. The third kappa shape index (κ3) is 5.99. The van der Waals surface area contributed by atoms with E-state index in [1.54, 1.807) is 36.2 Å². The summed E-state index contributed by atoms with van der Waals surface area (Å²) in [5, 5.41) is 7.79. The number of thiazole rings is 1. The van der Waals surface area contributed by atoms with E-state index in [-0.39, 0.29) is 5.82 Å². The number of aryl methyl sites for hydroxylation is 2. The van der Waals surface area contributed by atoms with E-state index in [0.29, 0.717) is 6.54 Å². The van der Waals surface area contributed by atoms with Crippen LogP contribution in [0.3, 0.4) is 0 Å². The molecule has 1 aromatic carbocycles. The molecule has 0 saturated carbocycles. The molecule has 0 fully saturated rings. The highest BCUT2D eigenvalue weighted by molar-refractivity contribution is 7.97. The minimum atomic E-state index is -0.189. The molecule has 0 spiro atoms. The molecule has 0 saturated heterocycles. The highest BCUT2D eigenvalue weighted by Crippen LogP contribution is 2.18. The molecule has 0 atom stereocenters. The Bertz CT molecular complexity index is 743. The molecule has 0 radical (unpaired) electrons. The van der Waals surface area contributed by atoms with E-state index >= 15 is 0 Å². The monoisotopic (exact) mass is 394 g/mol. The van der Waals surface area contributed by atoms with Crippen molar-refractivity contribution in [1.82, 2.24) is 15.6 Å². The lowest BCUT2D eigenvalue weighted by atomic mass is 10.1. The number of hydrogen-bond acceptors (Lipinski definition) is 4. The van der Waals surface area contributed by atoms with Gasteiger partial charge in [-0.3, -0.25) is 4.99 Å². The van der Waals surface area contributed by atoms with Crippen molar-refractivity contribution in [3.05, 3.63) is 50.7 Å². The summed E-state index contributed by atoms with van der Waals surface area (Å²) in [5.74, 6) is 1.35. The Morgan fingerprint density at radius 3 is 2.77 bits per heavy atom. The summed E-state index contributed by atoms with van der Waals surface area (Å²) < 4.78 is 13.4. The van der Waals surface area contributed by atoms with Crippen molar-refractivity contribution in [3.63, 3.8) is 0 Å². The van der Waals surface area contributed by atoms with Gasteiger partial charge < -0.3 is 10.6 Å². The molecule has 2 aromatic rings. The maximum atomic E-state index is 13.4. The fraction of sp³-hybridized carbons (Fsp3) is 0.474. The van der Waals surface area contributed by atoms with Crippen LogP contribution in [0.25, 0.3) is 0 Å². The maximum Gasteiger partial charge on any atom is 0.191 e. The average Bonchev–Trinajstić information content (AvgIpc) is 2.99. The van der Waals surface area contributed by atoms with Gasteiger partial charge in [-0.1, -0.05) is 13.0 Å². The molecular formula is C19H27FN4S2. The molecule has 2 rings (SSSR count). The predicted molar refractivity (Wildman–Crippen MR) is 112 cm³/mol. The van der Waals surface area contributed by atoms with Gasteiger partial charge in [0.25, 0.3) is 0 Å². The van der Waals surface area contributed by atoms with Crippen LogP contribution in [0.2, 0.25) is 0 Å². The molecule has 2 N–H and O–H groups in total. The molecule has 0 amide bonds. The van der Waals surface area contributed by atoms with E-state index in [1.807, 2.05) is 12.3 Å². The Morgan fingerprint density at radius 1 is 1.31 bits per heavy atom. The molecule has 4 nitrogen and oxygen atoms in total. The lowest BCUT2D eigenvalue weighted by Crippen LogP contribution is -2.38. The first kappa shape index (κ1) is 20.7. The Labute approximate surface area is 163 Å². The van der Waals surface area contributed by atoms with Crippen molar-refractivity contribution in [2.24, 2.45) is 4.99 Å². The van der Waals surface area contributed by atoms with Gasteiger partial charge in [0.05, 0.1) is 10.7 Å². The third-order valence-corrected chi connectivity index (χ3v) is 5.71. The molecule has 0 unspecified atom stereocenters. The van der Waals surface area contributed by atoms with Crippen molar-refractivity contribution in [3.8, 4) is 0 Å². The van der Waals surface area contributed by atoms with E-state index in [1.165, 1.54) is 16.6 Å². The number of thioether (sulfide) groups is 1. The molecule has 0 bridgehead atoms. The van der Waals surface area contributed by atoms with Crippen LogP contribution in [0.1, 0.15) is 33.6 Å². The van der Waals surface area contributed by atoms with Crippen LogP contribution in [0.5, 0.6) is 0 Å². The Kier molecular flexibility index (Phi) is 8.38. The van der Waals surface area contributed by atoms with Gasteiger partial charge in [-0.25, -0.2) is 9.37 Å². The first-order valence-corrected chi connectivity index (χ1v) is 10.9. The molecule has 26 heavy (non-hydrogen) atoms. The topological polar surface area (TPSA) is 49.3 Å². The second kappa shape index (κ2) is 10.5. The summed E-state index contributed by atoms with van der Waals surface area (Å²) in [6, 6.07) is 4.96. The molecule has 7 heteroatoms. The van der Waals surface area contributed by atoms with Crippen LogP contribution >= 0.6 is 23.1 Å². The van der Waals surface area contributed by atoms with Gasteiger partial charge in [0.2, 0.25) is 0 Å². The van der Waals surface area contributed by atoms with Crippen molar-refractivity contribution in [1.29, 1.82) is 0 Å². The van der Waals surface area contributed by atoms with Gasteiger partial charge in [0.1, 0.15) is 5.82 Å². The highest BCUT2D eigenvalue weighted by atomic mass is 32.2. The summed E-state index contributed by atoms with van der Waals surface area (Å²) in [7, 11) is 1.76. The molecular weight excluding hydrogens is 367 g/mol. The van der Waals surface area contributed by atoms with Crippen LogP contribution in [-0.2, 0) is 25.1 Å². The van der Waals surface area contributed by atoms with Crippen LogP contribution in [-0.4, -0.2) is 30.8 Å². The molecule has 142 valence electrons. The van der Waals surface area contributed by atoms with Gasteiger partial charge in [0, 0.05) is 37.2 Å². The van der Waals surface area contributed by atoms with E-state index in [4.69, 9.17) is 0 Å².